The molecule has 0 aliphatic carbocycles. The van der Waals surface area contributed by atoms with Crippen LogP contribution in [-0.4, -0.2) is 36.4 Å². The van der Waals surface area contributed by atoms with Crippen LogP contribution in [0.4, 0.5) is 5.69 Å². The average molecular weight is 333 g/mol. The van der Waals surface area contributed by atoms with Crippen molar-refractivity contribution in [2.75, 3.05) is 20.3 Å². The highest BCUT2D eigenvalue weighted by atomic mass is 79.9. The molecule has 0 amide bonds. The number of aliphatic hydroxyl groups excluding tert-OH is 1. The van der Waals surface area contributed by atoms with Gasteiger partial charge in [0, 0.05) is 32.4 Å². The van der Waals surface area contributed by atoms with Crippen LogP contribution in [0.25, 0.3) is 0 Å². The first-order valence-corrected chi connectivity index (χ1v) is 6.64. The Hall–Kier alpha value is -1.02. The van der Waals surface area contributed by atoms with Crippen LogP contribution >= 0.6 is 15.9 Å². The Morgan fingerprint density at radius 3 is 2.89 bits per heavy atom. The summed E-state index contributed by atoms with van der Waals surface area (Å²) in [5.74, 6) is 0. The summed E-state index contributed by atoms with van der Waals surface area (Å²) >= 11 is 3.25. The van der Waals surface area contributed by atoms with Gasteiger partial charge in [-0.2, -0.15) is 0 Å². The molecule has 7 heteroatoms. The largest absolute Gasteiger partial charge is 0.396 e. The summed E-state index contributed by atoms with van der Waals surface area (Å²) < 4.78 is 5.52. The molecule has 1 atom stereocenters. The Bertz CT molecular complexity index is 422. The molecule has 0 saturated heterocycles. The molecule has 1 aromatic rings. The molecule has 2 N–H and O–H groups in total. The van der Waals surface area contributed by atoms with Gasteiger partial charge >= 0.3 is 0 Å². The van der Waals surface area contributed by atoms with Gasteiger partial charge in [-0.25, -0.2) is 0 Å². The van der Waals surface area contributed by atoms with Crippen molar-refractivity contribution in [2.45, 2.75) is 19.0 Å². The average Bonchev–Trinajstić information content (AvgIpc) is 2.37. The zero-order chi connectivity index (χ0) is 14.3. The first kappa shape index (κ1) is 16.0. The number of rotatable bonds is 8. The van der Waals surface area contributed by atoms with Crippen molar-refractivity contribution in [3.63, 3.8) is 0 Å². The van der Waals surface area contributed by atoms with Crippen LogP contribution in [0.1, 0.15) is 12.0 Å². The van der Waals surface area contributed by atoms with E-state index in [4.69, 9.17) is 9.84 Å². The van der Waals surface area contributed by atoms with Crippen molar-refractivity contribution < 1.29 is 14.8 Å². The molecule has 0 aromatic heterocycles. The van der Waals surface area contributed by atoms with Crippen LogP contribution in [-0.2, 0) is 11.3 Å². The number of methoxy groups -OCH3 is 1. The molecule has 0 fully saturated rings. The Morgan fingerprint density at radius 2 is 2.32 bits per heavy atom. The molecule has 0 spiro atoms. The summed E-state index contributed by atoms with van der Waals surface area (Å²) in [6, 6.07) is 4.93. The highest BCUT2D eigenvalue weighted by molar-refractivity contribution is 9.10. The van der Waals surface area contributed by atoms with E-state index in [0.29, 0.717) is 24.0 Å². The molecule has 1 unspecified atom stereocenters. The third kappa shape index (κ3) is 4.87. The van der Waals surface area contributed by atoms with Gasteiger partial charge in [-0.3, -0.25) is 10.1 Å². The Kier molecular flexibility index (Phi) is 6.93. The highest BCUT2D eigenvalue weighted by Gasteiger charge is 2.15. The van der Waals surface area contributed by atoms with Crippen LogP contribution in [0.3, 0.4) is 0 Å². The van der Waals surface area contributed by atoms with Gasteiger partial charge in [0.2, 0.25) is 0 Å². The van der Waals surface area contributed by atoms with E-state index in [2.05, 4.69) is 21.2 Å². The highest BCUT2D eigenvalue weighted by Crippen LogP contribution is 2.28. The number of nitro benzene ring substituents is 1. The van der Waals surface area contributed by atoms with Gasteiger partial charge in [0.1, 0.15) is 0 Å². The molecule has 0 saturated carbocycles. The van der Waals surface area contributed by atoms with E-state index < -0.39 is 4.92 Å². The van der Waals surface area contributed by atoms with Crippen LogP contribution in [0.15, 0.2) is 22.7 Å². The maximum absolute atomic E-state index is 10.8. The van der Waals surface area contributed by atoms with Gasteiger partial charge in [0.05, 0.1) is 16.0 Å². The molecule has 0 heterocycles. The number of hydrogen-bond acceptors (Lipinski definition) is 5. The van der Waals surface area contributed by atoms with E-state index in [0.717, 1.165) is 5.56 Å². The minimum atomic E-state index is -0.423. The van der Waals surface area contributed by atoms with Crippen LogP contribution < -0.4 is 5.32 Å². The molecule has 6 nitrogen and oxygen atoms in total. The number of halogens is 1. The molecule has 1 rings (SSSR count). The first-order valence-electron chi connectivity index (χ1n) is 5.85. The third-order valence-corrected chi connectivity index (χ3v) is 3.60. The van der Waals surface area contributed by atoms with Gasteiger partial charge in [-0.1, -0.05) is 12.1 Å². The van der Waals surface area contributed by atoms with E-state index >= 15 is 0 Å². The second kappa shape index (κ2) is 8.21. The third-order valence-electron chi connectivity index (χ3n) is 2.68. The lowest BCUT2D eigenvalue weighted by Crippen LogP contribution is -2.33. The maximum atomic E-state index is 10.8. The fourth-order valence-corrected chi connectivity index (χ4v) is 2.25. The molecule has 1 aromatic carbocycles. The Balaban J connectivity index is 2.71. The van der Waals surface area contributed by atoms with Crippen molar-refractivity contribution >= 4 is 21.6 Å². The van der Waals surface area contributed by atoms with Gasteiger partial charge in [-0.15, -0.1) is 0 Å². The van der Waals surface area contributed by atoms with Gasteiger partial charge in [0.15, 0.2) is 0 Å². The quantitative estimate of drug-likeness (QED) is 0.560. The number of aliphatic hydroxyl groups is 1. The summed E-state index contributed by atoms with van der Waals surface area (Å²) in [7, 11) is 1.59. The number of nitro groups is 1. The molecular formula is C12H17BrN2O4. The molecule has 0 aliphatic rings. The van der Waals surface area contributed by atoms with Gasteiger partial charge in [0.25, 0.3) is 5.69 Å². The number of benzene rings is 1. The smallest absolute Gasteiger partial charge is 0.283 e. The fourth-order valence-electron chi connectivity index (χ4n) is 1.70. The lowest BCUT2D eigenvalue weighted by molar-refractivity contribution is -0.385. The SMILES string of the molecule is COCC(CCO)NCc1cccc([N+](=O)[O-])c1Br. The van der Waals surface area contributed by atoms with Crippen LogP contribution in [0, 0.1) is 10.1 Å². The molecular weight excluding hydrogens is 316 g/mol. The minimum Gasteiger partial charge on any atom is -0.396 e. The topological polar surface area (TPSA) is 84.6 Å². The minimum absolute atomic E-state index is 0.0150. The summed E-state index contributed by atoms with van der Waals surface area (Å²) in [4.78, 5) is 10.4. The summed E-state index contributed by atoms with van der Waals surface area (Å²) in [6.45, 7) is 1.01. The summed E-state index contributed by atoms with van der Waals surface area (Å²) in [5.41, 5.74) is 0.845. The van der Waals surface area contributed by atoms with Crippen molar-refractivity contribution in [1.82, 2.24) is 5.32 Å². The number of nitrogens with one attached hydrogen (secondary N) is 1. The molecule has 0 bridgehead atoms. The van der Waals surface area contributed by atoms with E-state index in [1.807, 2.05) is 6.07 Å². The van der Waals surface area contributed by atoms with E-state index in [1.54, 1.807) is 13.2 Å². The van der Waals surface area contributed by atoms with E-state index in [1.165, 1.54) is 6.07 Å². The Labute approximate surface area is 120 Å². The Morgan fingerprint density at radius 1 is 1.58 bits per heavy atom. The fraction of sp³-hybridized carbons (Fsp3) is 0.500. The van der Waals surface area contributed by atoms with Crippen molar-refractivity contribution in [2.24, 2.45) is 0 Å². The monoisotopic (exact) mass is 332 g/mol. The zero-order valence-electron chi connectivity index (χ0n) is 10.6. The van der Waals surface area contributed by atoms with Crippen molar-refractivity contribution in [3.8, 4) is 0 Å². The normalized spacial score (nSPS) is 12.4. The van der Waals surface area contributed by atoms with Gasteiger partial charge in [-0.05, 0) is 27.9 Å². The molecule has 0 aliphatic heterocycles. The lowest BCUT2D eigenvalue weighted by Gasteiger charge is -2.17. The standard InChI is InChI=1S/C12H17BrN2O4/c1-19-8-10(5-6-16)14-7-9-3-2-4-11(12(9)13)15(17)18/h2-4,10,14,16H,5-8H2,1H3. The summed E-state index contributed by atoms with van der Waals surface area (Å²) in [6.07, 6.45) is 0.570. The van der Waals surface area contributed by atoms with Crippen LogP contribution in [0.2, 0.25) is 0 Å². The number of hydrogen-bond donors (Lipinski definition) is 2. The molecule has 0 radical (unpaired) electrons. The molecule has 106 valence electrons. The second-order valence-corrected chi connectivity index (χ2v) is 4.85. The van der Waals surface area contributed by atoms with Crippen molar-refractivity contribution in [1.29, 1.82) is 0 Å². The number of nitrogens with zero attached hydrogens (tertiary/aromatic N) is 1. The first-order chi connectivity index (χ1) is 9.10. The van der Waals surface area contributed by atoms with E-state index in [-0.39, 0.29) is 18.3 Å². The zero-order valence-corrected chi connectivity index (χ0v) is 12.2. The maximum Gasteiger partial charge on any atom is 0.283 e. The number of ether oxygens (including phenoxy) is 1. The van der Waals surface area contributed by atoms with E-state index in [9.17, 15) is 10.1 Å². The van der Waals surface area contributed by atoms with Crippen molar-refractivity contribution in [3.05, 3.63) is 38.3 Å². The summed E-state index contributed by atoms with van der Waals surface area (Å²) in [5, 5.41) is 23.0. The molecule has 19 heavy (non-hydrogen) atoms. The van der Waals surface area contributed by atoms with Gasteiger partial charge < -0.3 is 15.2 Å². The second-order valence-electron chi connectivity index (χ2n) is 4.05. The predicted octanol–water partition coefficient (Wildman–Crippen LogP) is 1.84. The lowest BCUT2D eigenvalue weighted by atomic mass is 10.1. The van der Waals surface area contributed by atoms with Crippen LogP contribution in [0.5, 0.6) is 0 Å². The predicted molar refractivity (Wildman–Crippen MR) is 75.0 cm³/mol.